The van der Waals surface area contributed by atoms with E-state index >= 15 is 0 Å². The van der Waals surface area contributed by atoms with Crippen LogP contribution in [0.1, 0.15) is 0 Å². The van der Waals surface area contributed by atoms with Crippen LogP contribution in [-0.2, 0) is 4.84 Å². The molecule has 0 bridgehead atoms. The van der Waals surface area contributed by atoms with E-state index in [2.05, 4.69) is 4.84 Å². The first-order chi connectivity index (χ1) is 3.39. The van der Waals surface area contributed by atoms with E-state index in [4.69, 9.17) is 5.84 Å². The van der Waals surface area contributed by atoms with Gasteiger partial charge in [0, 0.05) is 0 Å². The van der Waals surface area contributed by atoms with Crippen molar-refractivity contribution in [1.29, 1.82) is 0 Å². The zero-order chi connectivity index (χ0) is 5.11. The Morgan fingerprint density at radius 3 is 2.00 bits per heavy atom. The Labute approximate surface area is 71.4 Å². The van der Waals surface area contributed by atoms with Crippen LogP contribution in [0.5, 0.6) is 0 Å². The number of halogens is 2. The highest BCUT2D eigenvalue weighted by Gasteiger charge is 1.86. The molecule has 0 radical (unpaired) electrons. The average molecular weight is 189 g/mol. The first-order valence-electron chi connectivity index (χ1n) is 1.93. The van der Waals surface area contributed by atoms with Crippen molar-refractivity contribution >= 4 is 24.8 Å². The van der Waals surface area contributed by atoms with Gasteiger partial charge in [-0.05, 0) is 12.2 Å². The van der Waals surface area contributed by atoms with Crippen molar-refractivity contribution in [3.05, 3.63) is 24.6 Å². The van der Waals surface area contributed by atoms with E-state index in [0.29, 0.717) is 0 Å². The fourth-order valence-corrected chi connectivity index (χ4v) is 0.320. The van der Waals surface area contributed by atoms with Crippen LogP contribution in [0.3, 0.4) is 0 Å². The van der Waals surface area contributed by atoms with Gasteiger partial charge >= 0.3 is 0 Å². The molecule has 1 heterocycles. The van der Waals surface area contributed by atoms with Gasteiger partial charge in [0.25, 0.3) is 0 Å². The van der Waals surface area contributed by atoms with Crippen molar-refractivity contribution in [2.24, 2.45) is 5.84 Å². The molecule has 0 aliphatic carbocycles. The highest BCUT2D eigenvalue weighted by Crippen LogP contribution is 1.91. The number of hydrogen-bond donors (Lipinski definition) is 1. The summed E-state index contributed by atoms with van der Waals surface area (Å²) in [6.45, 7) is 0. The smallest absolute Gasteiger partial charge is 0.121 e. The van der Waals surface area contributed by atoms with E-state index in [1.807, 2.05) is 0 Å². The van der Waals surface area contributed by atoms with Crippen molar-refractivity contribution in [1.82, 2.24) is 5.17 Å². The third kappa shape index (κ3) is 5.71. The van der Waals surface area contributed by atoms with Gasteiger partial charge in [-0.1, -0.05) is 0 Å². The summed E-state index contributed by atoms with van der Waals surface area (Å²) in [6.07, 6.45) is 6.65. The van der Waals surface area contributed by atoms with Crippen LogP contribution in [-0.4, -0.2) is 10.6 Å². The number of hydrogen-bond acceptors (Lipinski definition) is 3. The third-order valence-electron chi connectivity index (χ3n) is 0.605. The Morgan fingerprint density at radius 2 is 1.80 bits per heavy atom. The van der Waals surface area contributed by atoms with Crippen LogP contribution in [0.4, 0.5) is 0 Å². The molecule has 1 rings (SSSR count). The molecule has 0 aromatic carbocycles. The summed E-state index contributed by atoms with van der Waals surface area (Å²) < 4.78 is 0. The molecular formula is C4H10Cl2N2O2. The summed E-state index contributed by atoms with van der Waals surface area (Å²) in [5.74, 6) is 5.11. The lowest BCUT2D eigenvalue weighted by Crippen LogP contribution is -2.23. The van der Waals surface area contributed by atoms with Crippen molar-refractivity contribution in [3.63, 3.8) is 0 Å². The molecule has 0 saturated heterocycles. The van der Waals surface area contributed by atoms with E-state index in [1.54, 1.807) is 18.4 Å². The van der Waals surface area contributed by atoms with E-state index < -0.39 is 0 Å². The first-order valence-corrected chi connectivity index (χ1v) is 1.93. The molecule has 1 aliphatic rings. The zero-order valence-corrected chi connectivity index (χ0v) is 6.69. The predicted molar refractivity (Wildman–Crippen MR) is 43.5 cm³/mol. The predicted octanol–water partition coefficient (Wildman–Crippen LogP) is 0.154. The fraction of sp³-hybridized carbons (Fsp3) is 0. The summed E-state index contributed by atoms with van der Waals surface area (Å²) in [7, 11) is 0. The molecule has 0 fully saturated rings. The number of hydroxylamine groups is 1. The van der Waals surface area contributed by atoms with Gasteiger partial charge in [-0.15, -0.1) is 30.0 Å². The Morgan fingerprint density at radius 1 is 1.20 bits per heavy atom. The molecule has 0 spiro atoms. The number of nitrogens with zero attached hydrogens (tertiary/aromatic N) is 1. The molecule has 6 heteroatoms. The van der Waals surface area contributed by atoms with Gasteiger partial charge in [-0.25, -0.2) is 5.84 Å². The van der Waals surface area contributed by atoms with Crippen molar-refractivity contribution in [2.75, 3.05) is 0 Å². The second-order valence-electron chi connectivity index (χ2n) is 1.14. The van der Waals surface area contributed by atoms with E-state index in [-0.39, 0.29) is 30.3 Å². The lowest BCUT2D eigenvalue weighted by atomic mass is 10.6. The summed E-state index contributed by atoms with van der Waals surface area (Å²) in [5, 5.41) is 1.12. The molecule has 0 unspecified atom stereocenters. The fourth-order valence-electron chi connectivity index (χ4n) is 0.320. The average Bonchev–Trinajstić information content (AvgIpc) is 1.69. The molecule has 4 N–H and O–H groups in total. The van der Waals surface area contributed by atoms with Crippen molar-refractivity contribution < 1.29 is 10.3 Å². The maximum Gasteiger partial charge on any atom is 0.121 e. The highest BCUT2D eigenvalue weighted by atomic mass is 35.5. The van der Waals surface area contributed by atoms with Crippen LogP contribution < -0.4 is 5.84 Å². The quantitative estimate of drug-likeness (QED) is 0.551. The highest BCUT2D eigenvalue weighted by molar-refractivity contribution is 5.85. The van der Waals surface area contributed by atoms with Crippen molar-refractivity contribution in [2.45, 2.75) is 0 Å². The number of hydrazine groups is 1. The lowest BCUT2D eigenvalue weighted by Gasteiger charge is -2.11. The van der Waals surface area contributed by atoms with Gasteiger partial charge in [0.2, 0.25) is 0 Å². The first kappa shape index (κ1) is 16.3. The van der Waals surface area contributed by atoms with Crippen LogP contribution in [0.2, 0.25) is 0 Å². The Balaban J connectivity index is -0.000000163. The number of nitrogens with two attached hydrogens (primary N) is 1. The lowest BCUT2D eigenvalue weighted by molar-refractivity contribution is -0.0611. The van der Waals surface area contributed by atoms with Gasteiger partial charge in [0.15, 0.2) is 0 Å². The standard InChI is InChI=1S/C4H6N2O.2ClH.H2O/c5-6-3-1-2-4-7-6;;;/h1-4H,5H2;2*1H;1H2. The Hall–Kier alpha value is -0.420. The number of allylic oxidation sites excluding steroid dienone is 2. The molecule has 4 nitrogen and oxygen atoms in total. The monoisotopic (exact) mass is 188 g/mol. The zero-order valence-electron chi connectivity index (χ0n) is 5.06. The van der Waals surface area contributed by atoms with Crippen LogP contribution in [0.15, 0.2) is 24.6 Å². The minimum atomic E-state index is 0. The van der Waals surface area contributed by atoms with Gasteiger partial charge < -0.3 is 10.3 Å². The molecule has 10 heavy (non-hydrogen) atoms. The van der Waals surface area contributed by atoms with E-state index in [0.717, 1.165) is 5.17 Å². The van der Waals surface area contributed by atoms with E-state index in [9.17, 15) is 0 Å². The molecule has 0 saturated carbocycles. The van der Waals surface area contributed by atoms with Gasteiger partial charge in [0.1, 0.15) is 6.26 Å². The molecular weight excluding hydrogens is 179 g/mol. The molecule has 0 atom stereocenters. The summed E-state index contributed by atoms with van der Waals surface area (Å²) >= 11 is 0. The Kier molecular flexibility index (Phi) is 14.0. The maximum atomic E-state index is 5.11. The van der Waals surface area contributed by atoms with E-state index in [1.165, 1.54) is 6.26 Å². The normalized spacial score (nSPS) is 11.9. The summed E-state index contributed by atoms with van der Waals surface area (Å²) in [5.41, 5.74) is 0. The maximum absolute atomic E-state index is 5.11. The summed E-state index contributed by atoms with van der Waals surface area (Å²) in [4.78, 5) is 4.62. The molecule has 62 valence electrons. The third-order valence-corrected chi connectivity index (χ3v) is 0.605. The second kappa shape index (κ2) is 8.58. The molecule has 0 amide bonds. The van der Waals surface area contributed by atoms with Gasteiger partial charge in [-0.2, -0.15) is 0 Å². The number of rotatable bonds is 0. The van der Waals surface area contributed by atoms with Gasteiger partial charge in [0.05, 0.1) is 6.20 Å². The largest absolute Gasteiger partial charge is 0.412 e. The topological polar surface area (TPSA) is 70.0 Å². The second-order valence-corrected chi connectivity index (χ2v) is 1.14. The van der Waals surface area contributed by atoms with Crippen LogP contribution in [0.25, 0.3) is 0 Å². The van der Waals surface area contributed by atoms with Crippen molar-refractivity contribution in [3.8, 4) is 0 Å². The van der Waals surface area contributed by atoms with Crippen LogP contribution in [0, 0.1) is 0 Å². The minimum absolute atomic E-state index is 0. The van der Waals surface area contributed by atoms with Gasteiger partial charge in [-0.3, -0.25) is 0 Å². The SMILES string of the molecule is Cl.Cl.NN1C=CC=CO1.O. The summed E-state index contributed by atoms with van der Waals surface area (Å²) in [6, 6.07) is 0. The van der Waals surface area contributed by atoms with Crippen LogP contribution >= 0.6 is 24.8 Å². The minimum Gasteiger partial charge on any atom is -0.412 e. The Bertz CT molecular complexity index is 118. The molecule has 1 aliphatic heterocycles. The molecule has 0 aromatic rings. The molecule has 0 aromatic heterocycles.